The van der Waals surface area contributed by atoms with Gasteiger partial charge in [0.05, 0.1) is 12.2 Å². The molecule has 5 heteroatoms. The summed E-state index contributed by atoms with van der Waals surface area (Å²) >= 11 is 5.65. The molecule has 0 radical (unpaired) electrons. The van der Waals surface area contributed by atoms with Crippen molar-refractivity contribution >= 4 is 23.1 Å². The summed E-state index contributed by atoms with van der Waals surface area (Å²) < 4.78 is 13.6. The number of hydrogen-bond donors (Lipinski definition) is 1. The van der Waals surface area contributed by atoms with Crippen molar-refractivity contribution in [1.82, 2.24) is 0 Å². The zero-order valence-electron chi connectivity index (χ0n) is 8.49. The minimum absolute atomic E-state index is 0.136. The van der Waals surface area contributed by atoms with Gasteiger partial charge in [0.25, 0.3) is 0 Å². The molecule has 1 unspecified atom stereocenters. The molecular weight excluding hydrogens is 233 g/mol. The predicted octanol–water partition coefficient (Wildman–Crippen LogP) is 1.62. The number of ketones is 1. The Bertz CT molecular complexity index is 424. The van der Waals surface area contributed by atoms with E-state index in [1.54, 1.807) is 17.0 Å². The van der Waals surface area contributed by atoms with Gasteiger partial charge in [0, 0.05) is 18.0 Å². The molecule has 0 saturated carbocycles. The Morgan fingerprint density at radius 2 is 2.25 bits per heavy atom. The SMILES string of the molecule is O=C1CCN(c2ccc(Cl)cc2F)CC1O. The van der Waals surface area contributed by atoms with Crippen LogP contribution < -0.4 is 4.90 Å². The maximum absolute atomic E-state index is 13.6. The number of nitrogens with zero attached hydrogens (tertiary/aromatic N) is 1. The molecule has 0 amide bonds. The number of piperidine rings is 1. The van der Waals surface area contributed by atoms with E-state index in [2.05, 4.69) is 0 Å². The number of hydrogen-bond acceptors (Lipinski definition) is 3. The lowest BCUT2D eigenvalue weighted by molar-refractivity contribution is -0.127. The second-order valence-electron chi connectivity index (χ2n) is 3.77. The maximum Gasteiger partial charge on any atom is 0.164 e. The number of β-amino-alcohol motifs (C(OH)–C–C–N with tert-alkyl or cyclic N) is 1. The Hall–Kier alpha value is -1.13. The van der Waals surface area contributed by atoms with E-state index in [4.69, 9.17) is 11.6 Å². The lowest BCUT2D eigenvalue weighted by Crippen LogP contribution is -2.44. The van der Waals surface area contributed by atoms with Crippen LogP contribution in [0.3, 0.4) is 0 Å². The first-order valence-electron chi connectivity index (χ1n) is 4.98. The van der Waals surface area contributed by atoms with Crippen molar-refractivity contribution in [2.75, 3.05) is 18.0 Å². The van der Waals surface area contributed by atoms with Crippen LogP contribution in [0.2, 0.25) is 5.02 Å². The van der Waals surface area contributed by atoms with Gasteiger partial charge in [-0.1, -0.05) is 11.6 Å². The minimum Gasteiger partial charge on any atom is -0.383 e. The van der Waals surface area contributed by atoms with Gasteiger partial charge in [-0.05, 0) is 18.2 Å². The van der Waals surface area contributed by atoms with Crippen molar-refractivity contribution in [2.24, 2.45) is 0 Å². The lowest BCUT2D eigenvalue weighted by Gasteiger charge is -2.31. The summed E-state index contributed by atoms with van der Waals surface area (Å²) in [6.45, 7) is 0.561. The zero-order chi connectivity index (χ0) is 11.7. The molecule has 1 aliphatic heterocycles. The molecule has 16 heavy (non-hydrogen) atoms. The highest BCUT2D eigenvalue weighted by Crippen LogP contribution is 2.24. The molecule has 0 spiro atoms. The van der Waals surface area contributed by atoms with Crippen LogP contribution in [0.1, 0.15) is 6.42 Å². The number of carbonyl (C=O) groups is 1. The highest BCUT2D eigenvalue weighted by atomic mass is 35.5. The summed E-state index contributed by atoms with van der Waals surface area (Å²) in [5.41, 5.74) is 0.371. The fraction of sp³-hybridized carbons (Fsp3) is 0.364. The summed E-state index contributed by atoms with van der Waals surface area (Å²) in [7, 11) is 0. The molecule has 1 atom stereocenters. The quantitative estimate of drug-likeness (QED) is 0.815. The largest absolute Gasteiger partial charge is 0.383 e. The summed E-state index contributed by atoms with van der Waals surface area (Å²) in [6.07, 6.45) is -0.785. The second-order valence-corrected chi connectivity index (χ2v) is 4.21. The van der Waals surface area contributed by atoms with Crippen molar-refractivity contribution in [1.29, 1.82) is 0 Å². The van der Waals surface area contributed by atoms with Gasteiger partial charge in [0.2, 0.25) is 0 Å². The smallest absolute Gasteiger partial charge is 0.164 e. The van der Waals surface area contributed by atoms with Gasteiger partial charge in [0.1, 0.15) is 11.9 Å². The Balaban J connectivity index is 2.21. The van der Waals surface area contributed by atoms with Crippen LogP contribution in [0, 0.1) is 5.82 Å². The molecule has 86 valence electrons. The molecule has 1 saturated heterocycles. The number of aliphatic hydroxyl groups excluding tert-OH is 1. The van der Waals surface area contributed by atoms with E-state index < -0.39 is 11.9 Å². The summed E-state index contributed by atoms with van der Waals surface area (Å²) in [5, 5.41) is 9.74. The highest BCUT2D eigenvalue weighted by Gasteiger charge is 2.26. The van der Waals surface area contributed by atoms with Crippen LogP contribution in [0.5, 0.6) is 0 Å². The molecule has 0 bridgehead atoms. The van der Waals surface area contributed by atoms with E-state index >= 15 is 0 Å². The van der Waals surface area contributed by atoms with E-state index in [0.717, 1.165) is 0 Å². The maximum atomic E-state index is 13.6. The number of aliphatic hydroxyl groups is 1. The molecule has 1 N–H and O–H groups in total. The average molecular weight is 244 g/mol. The van der Waals surface area contributed by atoms with Gasteiger partial charge in [-0.2, -0.15) is 0 Å². The van der Waals surface area contributed by atoms with Crippen LogP contribution >= 0.6 is 11.6 Å². The third-order valence-electron chi connectivity index (χ3n) is 2.64. The summed E-state index contributed by atoms with van der Waals surface area (Å²) in [4.78, 5) is 12.8. The predicted molar refractivity (Wildman–Crippen MR) is 59.3 cm³/mol. The van der Waals surface area contributed by atoms with Gasteiger partial charge in [-0.15, -0.1) is 0 Å². The molecule has 2 rings (SSSR count). The Kier molecular flexibility index (Phi) is 3.12. The summed E-state index contributed by atoms with van der Waals surface area (Å²) in [5.74, 6) is -0.625. The fourth-order valence-corrected chi connectivity index (χ4v) is 1.93. The lowest BCUT2D eigenvalue weighted by atomic mass is 10.1. The molecule has 3 nitrogen and oxygen atoms in total. The van der Waals surface area contributed by atoms with Crippen LogP contribution in [-0.4, -0.2) is 30.1 Å². The van der Waals surface area contributed by atoms with Crippen molar-refractivity contribution in [3.8, 4) is 0 Å². The third-order valence-corrected chi connectivity index (χ3v) is 2.88. The molecule has 0 aliphatic carbocycles. The first kappa shape index (κ1) is 11.4. The number of halogens is 2. The Morgan fingerprint density at radius 1 is 1.50 bits per heavy atom. The number of rotatable bonds is 1. The topological polar surface area (TPSA) is 40.5 Å². The summed E-state index contributed by atoms with van der Waals surface area (Å²) in [6, 6.07) is 4.36. The third kappa shape index (κ3) is 2.18. The van der Waals surface area contributed by atoms with Crippen LogP contribution in [0.4, 0.5) is 10.1 Å². The van der Waals surface area contributed by atoms with Crippen molar-refractivity contribution in [3.63, 3.8) is 0 Å². The van der Waals surface area contributed by atoms with Crippen LogP contribution in [-0.2, 0) is 4.79 Å². The van der Waals surface area contributed by atoms with Crippen LogP contribution in [0.15, 0.2) is 18.2 Å². The van der Waals surface area contributed by atoms with Crippen LogP contribution in [0.25, 0.3) is 0 Å². The molecular formula is C11H11ClFNO2. The normalized spacial score (nSPS) is 21.3. The second kappa shape index (κ2) is 4.39. The van der Waals surface area contributed by atoms with Gasteiger partial charge >= 0.3 is 0 Å². The number of benzene rings is 1. The standard InChI is InChI=1S/C11H11ClFNO2/c12-7-1-2-9(8(13)5-7)14-4-3-10(15)11(16)6-14/h1-2,5,11,16H,3-4,6H2. The molecule has 1 fully saturated rings. The van der Waals surface area contributed by atoms with E-state index in [1.165, 1.54) is 6.07 Å². The number of carbonyl (C=O) groups excluding carboxylic acids is 1. The van der Waals surface area contributed by atoms with Crippen molar-refractivity contribution in [2.45, 2.75) is 12.5 Å². The molecule has 1 aromatic rings. The van der Waals surface area contributed by atoms with Gasteiger partial charge in [-0.3, -0.25) is 4.79 Å². The van der Waals surface area contributed by atoms with Crippen molar-refractivity contribution in [3.05, 3.63) is 29.0 Å². The monoisotopic (exact) mass is 243 g/mol. The fourth-order valence-electron chi connectivity index (χ4n) is 1.77. The Labute approximate surface area is 97.4 Å². The minimum atomic E-state index is -1.02. The zero-order valence-corrected chi connectivity index (χ0v) is 9.25. The Morgan fingerprint density at radius 3 is 2.88 bits per heavy atom. The average Bonchev–Trinajstić information content (AvgIpc) is 2.22. The van der Waals surface area contributed by atoms with E-state index in [9.17, 15) is 14.3 Å². The van der Waals surface area contributed by atoms with E-state index in [0.29, 0.717) is 17.3 Å². The van der Waals surface area contributed by atoms with Crippen molar-refractivity contribution < 1.29 is 14.3 Å². The van der Waals surface area contributed by atoms with E-state index in [1.807, 2.05) is 0 Å². The van der Waals surface area contributed by atoms with E-state index in [-0.39, 0.29) is 18.7 Å². The molecule has 1 heterocycles. The number of anilines is 1. The first-order chi connectivity index (χ1) is 7.58. The number of Topliss-reactive ketones (excluding diaryl/α,β-unsaturated/α-hetero) is 1. The molecule has 1 aliphatic rings. The molecule has 0 aromatic heterocycles. The van der Waals surface area contributed by atoms with Gasteiger partial charge in [-0.25, -0.2) is 4.39 Å². The highest BCUT2D eigenvalue weighted by molar-refractivity contribution is 6.30. The van der Waals surface area contributed by atoms with Gasteiger partial charge in [0.15, 0.2) is 5.78 Å². The van der Waals surface area contributed by atoms with Gasteiger partial charge < -0.3 is 10.0 Å². The first-order valence-corrected chi connectivity index (χ1v) is 5.36. The molecule has 1 aromatic carbocycles.